The summed E-state index contributed by atoms with van der Waals surface area (Å²) in [5, 5.41) is -0.763. The van der Waals surface area contributed by atoms with E-state index in [-0.39, 0.29) is 48.0 Å². The van der Waals surface area contributed by atoms with E-state index >= 15 is 0 Å². The molecule has 0 radical (unpaired) electrons. The number of ether oxygens (including phenoxy) is 2. The number of hydrogen-bond donors (Lipinski definition) is 0. The van der Waals surface area contributed by atoms with E-state index in [4.69, 9.17) is 32.7 Å². The van der Waals surface area contributed by atoms with Crippen molar-refractivity contribution < 1.29 is 40.6 Å². The zero-order chi connectivity index (χ0) is 25.1. The highest BCUT2D eigenvalue weighted by molar-refractivity contribution is 6.63. The maximum absolute atomic E-state index is 13.8. The van der Waals surface area contributed by atoms with Crippen LogP contribution in [-0.4, -0.2) is 36.4 Å². The predicted octanol–water partition coefficient (Wildman–Crippen LogP) is 6.49. The Kier molecular flexibility index (Phi) is 8.38. The number of hydrogen-bond acceptors (Lipinski definition) is 4. The highest BCUT2D eigenvalue weighted by Crippen LogP contribution is 2.40. The van der Waals surface area contributed by atoms with Crippen LogP contribution in [0.1, 0.15) is 34.8 Å². The van der Waals surface area contributed by atoms with Crippen molar-refractivity contribution in [1.82, 2.24) is 4.90 Å². The fraction of sp³-hybridized carbons (Fsp3) is 0.409. The Bertz CT molecular complexity index is 1030. The molecule has 2 aromatic rings. The summed E-state index contributed by atoms with van der Waals surface area (Å²) in [6, 6.07) is 6.32. The van der Waals surface area contributed by atoms with Gasteiger partial charge in [0.1, 0.15) is 12.4 Å². The van der Waals surface area contributed by atoms with Gasteiger partial charge in [0, 0.05) is 36.6 Å². The third kappa shape index (κ3) is 6.78. The molecule has 0 aromatic heterocycles. The molecule has 0 aliphatic carbocycles. The molecular formula is C22H19Cl2F6NO3. The van der Waals surface area contributed by atoms with Crippen LogP contribution in [0.4, 0.5) is 26.3 Å². The largest absolute Gasteiger partial charge is 0.489 e. The molecular weight excluding hydrogens is 511 g/mol. The van der Waals surface area contributed by atoms with Gasteiger partial charge in [0.15, 0.2) is 0 Å². The number of morpholine rings is 1. The average Bonchev–Trinajstić information content (AvgIpc) is 2.75. The van der Waals surface area contributed by atoms with Crippen LogP contribution in [0, 0.1) is 0 Å². The minimum atomic E-state index is -4.77. The van der Waals surface area contributed by atoms with Crippen molar-refractivity contribution in [3.63, 3.8) is 0 Å². The lowest BCUT2D eigenvalue weighted by Crippen LogP contribution is -2.39. The smallest absolute Gasteiger partial charge is 0.416 e. The molecule has 1 unspecified atom stereocenters. The van der Waals surface area contributed by atoms with Gasteiger partial charge in [0.2, 0.25) is 5.24 Å². The molecule has 3 rings (SSSR count). The zero-order valence-electron chi connectivity index (χ0n) is 17.5. The first-order valence-corrected chi connectivity index (χ1v) is 10.8. The van der Waals surface area contributed by atoms with Crippen molar-refractivity contribution in [2.24, 2.45) is 0 Å². The zero-order valence-corrected chi connectivity index (χ0v) is 19.0. The van der Waals surface area contributed by atoms with Gasteiger partial charge in [-0.05, 0) is 41.4 Å². The molecule has 1 saturated heterocycles. The van der Waals surface area contributed by atoms with Gasteiger partial charge in [-0.15, -0.1) is 0 Å². The number of nitrogens with zero attached hydrogens (tertiary/aromatic N) is 1. The molecule has 0 spiro atoms. The van der Waals surface area contributed by atoms with Crippen LogP contribution in [0.3, 0.4) is 0 Å². The molecule has 0 N–H and O–H groups in total. The standard InChI is InChI=1S/C22H19Cl2F6NO3/c23-18-3-1-2-16(21(25,26)27)15(18)12-34-13-4-5-14(17(10-13)22(28,29)30)19-11-31(8-9-33-19)7-6-20(24)32/h1-5,10,19H,6-9,11-12H2. The maximum Gasteiger partial charge on any atom is 0.416 e. The minimum Gasteiger partial charge on any atom is -0.489 e. The summed E-state index contributed by atoms with van der Waals surface area (Å²) >= 11 is 11.2. The highest BCUT2D eigenvalue weighted by Gasteiger charge is 2.38. The lowest BCUT2D eigenvalue weighted by molar-refractivity contribution is -0.140. The van der Waals surface area contributed by atoms with Crippen molar-refractivity contribution in [2.45, 2.75) is 31.5 Å². The number of alkyl halides is 6. The predicted molar refractivity (Wildman–Crippen MR) is 113 cm³/mol. The summed E-state index contributed by atoms with van der Waals surface area (Å²) in [5.74, 6) is -0.274. The Morgan fingerprint density at radius 3 is 2.44 bits per heavy atom. The van der Waals surface area contributed by atoms with Crippen LogP contribution < -0.4 is 4.74 Å². The van der Waals surface area contributed by atoms with E-state index in [1.165, 1.54) is 18.2 Å². The van der Waals surface area contributed by atoms with Crippen molar-refractivity contribution in [2.75, 3.05) is 26.2 Å². The molecule has 4 nitrogen and oxygen atoms in total. The molecule has 186 valence electrons. The Hall–Kier alpha value is -2.01. The quantitative estimate of drug-likeness (QED) is 0.303. The first-order valence-electron chi connectivity index (χ1n) is 10.1. The lowest BCUT2D eigenvalue weighted by Gasteiger charge is -2.34. The normalized spacial score (nSPS) is 17.6. The lowest BCUT2D eigenvalue weighted by atomic mass is 10.00. The van der Waals surface area contributed by atoms with E-state index in [1.807, 2.05) is 0 Å². The van der Waals surface area contributed by atoms with Crippen molar-refractivity contribution in [3.8, 4) is 5.75 Å². The van der Waals surface area contributed by atoms with E-state index in [1.54, 1.807) is 4.90 Å². The van der Waals surface area contributed by atoms with Gasteiger partial charge in [-0.1, -0.05) is 23.7 Å². The van der Waals surface area contributed by atoms with E-state index in [0.717, 1.165) is 18.2 Å². The molecule has 1 fully saturated rings. The fourth-order valence-electron chi connectivity index (χ4n) is 3.62. The van der Waals surface area contributed by atoms with Crippen molar-refractivity contribution >= 4 is 28.4 Å². The van der Waals surface area contributed by atoms with Crippen LogP contribution in [0.2, 0.25) is 5.02 Å². The number of rotatable bonds is 7. The van der Waals surface area contributed by atoms with Gasteiger partial charge < -0.3 is 9.47 Å². The highest BCUT2D eigenvalue weighted by atomic mass is 35.5. The number of benzene rings is 2. The van der Waals surface area contributed by atoms with Gasteiger partial charge in [-0.25, -0.2) is 0 Å². The number of halogens is 8. The Labute approximate surface area is 201 Å². The van der Waals surface area contributed by atoms with Gasteiger partial charge >= 0.3 is 12.4 Å². The molecule has 2 aromatic carbocycles. The van der Waals surface area contributed by atoms with E-state index < -0.39 is 41.4 Å². The van der Waals surface area contributed by atoms with Gasteiger partial charge in [-0.2, -0.15) is 26.3 Å². The summed E-state index contributed by atoms with van der Waals surface area (Å²) in [5.41, 5.74) is -2.58. The molecule has 0 bridgehead atoms. The topological polar surface area (TPSA) is 38.8 Å². The summed E-state index contributed by atoms with van der Waals surface area (Å²) < 4.78 is 92.1. The molecule has 12 heteroatoms. The molecule has 34 heavy (non-hydrogen) atoms. The molecule has 0 saturated carbocycles. The molecule has 1 heterocycles. The first kappa shape index (κ1) is 26.6. The van der Waals surface area contributed by atoms with Gasteiger partial charge in [0.05, 0.1) is 23.8 Å². The first-order chi connectivity index (χ1) is 15.9. The monoisotopic (exact) mass is 529 g/mol. The van der Waals surface area contributed by atoms with Crippen LogP contribution in [-0.2, 0) is 28.5 Å². The number of carbonyl (C=O) groups excluding carboxylic acids is 1. The van der Waals surface area contributed by atoms with E-state index in [9.17, 15) is 31.1 Å². The molecule has 1 aliphatic rings. The Morgan fingerprint density at radius 2 is 1.79 bits per heavy atom. The van der Waals surface area contributed by atoms with Gasteiger partial charge in [0.25, 0.3) is 0 Å². The fourth-order valence-corrected chi connectivity index (χ4v) is 3.93. The van der Waals surface area contributed by atoms with Gasteiger partial charge in [-0.3, -0.25) is 9.69 Å². The second-order valence-corrected chi connectivity index (χ2v) is 8.39. The van der Waals surface area contributed by atoms with Crippen LogP contribution >= 0.6 is 23.2 Å². The second kappa shape index (κ2) is 10.7. The Morgan fingerprint density at radius 1 is 1.09 bits per heavy atom. The van der Waals surface area contributed by atoms with Crippen molar-refractivity contribution in [3.05, 3.63) is 63.7 Å². The Balaban J connectivity index is 1.83. The van der Waals surface area contributed by atoms with Crippen LogP contribution in [0.15, 0.2) is 36.4 Å². The summed E-state index contributed by atoms with van der Waals surface area (Å²) in [6.07, 6.45) is -10.4. The van der Waals surface area contributed by atoms with E-state index in [2.05, 4.69) is 0 Å². The van der Waals surface area contributed by atoms with Crippen molar-refractivity contribution in [1.29, 1.82) is 0 Å². The minimum absolute atomic E-state index is 0.0507. The maximum atomic E-state index is 13.8. The molecule has 1 aliphatic heterocycles. The SMILES string of the molecule is O=C(Cl)CCN1CCOC(c2ccc(OCc3c(Cl)cccc3C(F)(F)F)cc2C(F)(F)F)C1. The van der Waals surface area contributed by atoms with E-state index in [0.29, 0.717) is 6.54 Å². The van der Waals surface area contributed by atoms with Crippen LogP contribution in [0.25, 0.3) is 0 Å². The number of carbonyl (C=O) groups is 1. The third-order valence-electron chi connectivity index (χ3n) is 5.26. The average molecular weight is 530 g/mol. The summed E-state index contributed by atoms with van der Waals surface area (Å²) in [7, 11) is 0. The second-order valence-electron chi connectivity index (χ2n) is 7.56. The molecule has 1 atom stereocenters. The third-order valence-corrected chi connectivity index (χ3v) is 5.80. The van der Waals surface area contributed by atoms with Crippen LogP contribution in [0.5, 0.6) is 5.75 Å². The molecule has 0 amide bonds. The summed E-state index contributed by atoms with van der Waals surface area (Å²) in [4.78, 5) is 12.8. The summed E-state index contributed by atoms with van der Waals surface area (Å²) in [6.45, 7) is 0.309.